The first-order chi connectivity index (χ1) is 16.7. The molecule has 2 aliphatic rings. The van der Waals surface area contributed by atoms with Gasteiger partial charge in [0, 0.05) is 0 Å². The minimum absolute atomic E-state index is 0. The van der Waals surface area contributed by atoms with Gasteiger partial charge in [-0.05, 0) is 0 Å². The van der Waals surface area contributed by atoms with Gasteiger partial charge in [0.15, 0.2) is 0 Å². The van der Waals surface area contributed by atoms with Crippen LogP contribution < -0.4 is 3.32 Å². The van der Waals surface area contributed by atoms with E-state index in [-0.39, 0.29) is 24.8 Å². The molecule has 0 radical (unpaired) electrons. The largest absolute Gasteiger partial charge is 0.147 e. The number of allylic oxidation sites excluding steroid dienone is 8. The number of rotatable bonds is 5. The first kappa shape index (κ1) is 29.8. The smallest absolute Gasteiger partial charge is 0.147 e. The number of halogens is 2. The van der Waals surface area contributed by atoms with Crippen LogP contribution >= 0.6 is 24.8 Å². The molecule has 0 heterocycles. The van der Waals surface area contributed by atoms with Gasteiger partial charge in [-0.15, -0.1) is 24.8 Å². The third kappa shape index (κ3) is 4.80. The second-order valence-corrected chi connectivity index (χ2v) is 45.8. The molecule has 0 saturated heterocycles. The summed E-state index contributed by atoms with van der Waals surface area (Å²) in [5.41, 5.74) is 8.58. The van der Waals surface area contributed by atoms with Crippen LogP contribution in [0.2, 0.25) is 4.68 Å². The van der Waals surface area contributed by atoms with Crippen LogP contribution in [0, 0.1) is 11.8 Å². The van der Waals surface area contributed by atoms with Crippen LogP contribution in [0.5, 0.6) is 0 Å². The Labute approximate surface area is 238 Å². The van der Waals surface area contributed by atoms with E-state index in [1.54, 1.807) is 9.98 Å². The van der Waals surface area contributed by atoms with Crippen LogP contribution in [0.4, 0.5) is 0 Å². The molecule has 37 heavy (non-hydrogen) atoms. The average Bonchev–Trinajstić information content (AvgIpc) is 3.36. The molecule has 2 atom stereocenters. The maximum absolute atomic E-state index is 4.08. The molecule has 0 aliphatic heterocycles. The Morgan fingerprint density at radius 1 is 0.568 bits per heavy atom. The Morgan fingerprint density at radius 3 is 1.24 bits per heavy atom. The quantitative estimate of drug-likeness (QED) is 0.233. The standard InChI is InChI=1S/2C13H13.C6H5.CH3.2ClH.Hf.H2Si/c2*1-10-8-11(2)13(9-10)12-6-4-3-5-7-12;1-2-4-6-5-3-1;;;;;/h2*3-7,9-10H,1-2H3;1-5H;1H3;2*1H;;1H2. The SMILES string of the molecule is CC1=[C]([Hf]([CH3])(=[SiH2])([C]2=C(C)C(c3ccccc3)=CC2C)[c]2ccccc2)C(C)C=C1c1ccccc1.Cl.Cl. The minimum atomic E-state index is -4.08. The van der Waals surface area contributed by atoms with Gasteiger partial charge in [-0.1, -0.05) is 0 Å². The maximum atomic E-state index is 2.72. The van der Waals surface area contributed by atoms with Gasteiger partial charge in [0.25, 0.3) is 0 Å². The van der Waals surface area contributed by atoms with E-state index >= 15 is 0 Å². The van der Waals surface area contributed by atoms with Gasteiger partial charge in [-0.3, -0.25) is 0 Å². The van der Waals surface area contributed by atoms with Crippen molar-refractivity contribution in [1.29, 1.82) is 0 Å². The molecule has 0 N–H and O–H groups in total. The Balaban J connectivity index is 0.00000190. The van der Waals surface area contributed by atoms with Crippen LogP contribution in [-0.4, -0.2) is 6.94 Å². The molecule has 3 aromatic carbocycles. The molecular weight excluding hydrogens is 674 g/mol. The fraction of sp³-hybridized carbons (Fsp3) is 0.212. The molecule has 0 nitrogen and oxygen atoms in total. The van der Waals surface area contributed by atoms with E-state index < -0.39 is 17.1 Å². The molecule has 0 spiro atoms. The average molecular weight is 712 g/mol. The van der Waals surface area contributed by atoms with Gasteiger partial charge in [0.2, 0.25) is 0 Å². The summed E-state index contributed by atoms with van der Waals surface area (Å²) in [6.07, 6.45) is 5.08. The first-order valence-corrected chi connectivity index (χ1v) is 30.1. The Morgan fingerprint density at radius 2 is 0.892 bits per heavy atom. The monoisotopic (exact) mass is 712 g/mol. The molecule has 2 aliphatic carbocycles. The van der Waals surface area contributed by atoms with Crippen molar-refractivity contribution in [2.75, 3.05) is 0 Å². The third-order valence-electron chi connectivity index (χ3n) is 8.54. The van der Waals surface area contributed by atoms with E-state index in [1.165, 1.54) is 33.4 Å². The molecule has 192 valence electrons. The molecule has 0 amide bonds. The zero-order chi connectivity index (χ0) is 24.8. The summed E-state index contributed by atoms with van der Waals surface area (Å²) in [5, 5.41) is 0. The van der Waals surface area contributed by atoms with E-state index in [0.29, 0.717) is 11.8 Å². The van der Waals surface area contributed by atoms with Crippen LogP contribution in [0.15, 0.2) is 121 Å². The molecule has 0 bridgehead atoms. The van der Waals surface area contributed by atoms with E-state index in [9.17, 15) is 0 Å². The zero-order valence-electron chi connectivity index (χ0n) is 22.5. The summed E-state index contributed by atoms with van der Waals surface area (Å²) in [6.45, 7) is 12.1. The Bertz CT molecular complexity index is 1390. The molecule has 3 aromatic rings. The van der Waals surface area contributed by atoms with Crippen molar-refractivity contribution in [1.82, 2.24) is 0 Å². The second-order valence-electron chi connectivity index (χ2n) is 10.9. The zero-order valence-corrected chi connectivity index (χ0v) is 29.1. The Hall–Kier alpha value is -1.71. The summed E-state index contributed by atoms with van der Waals surface area (Å²) in [6, 6.07) is 33.5. The van der Waals surface area contributed by atoms with Crippen molar-refractivity contribution in [2.24, 2.45) is 11.8 Å². The third-order valence-corrected chi connectivity index (χ3v) is 41.4. The van der Waals surface area contributed by atoms with Crippen LogP contribution in [0.3, 0.4) is 0 Å². The van der Waals surface area contributed by atoms with Gasteiger partial charge in [-0.25, -0.2) is 0 Å². The van der Waals surface area contributed by atoms with E-state index in [0.717, 1.165) is 0 Å². The van der Waals surface area contributed by atoms with E-state index in [2.05, 4.69) is 142 Å². The van der Waals surface area contributed by atoms with Crippen molar-refractivity contribution in [2.45, 2.75) is 32.4 Å². The molecular formula is C33H38Cl2HfSi. The molecule has 0 saturated carbocycles. The van der Waals surface area contributed by atoms with Gasteiger partial charge in [0.1, 0.15) is 0 Å². The van der Waals surface area contributed by atoms with Crippen molar-refractivity contribution in [3.63, 3.8) is 0 Å². The van der Waals surface area contributed by atoms with Crippen molar-refractivity contribution >= 4 is 46.2 Å². The summed E-state index contributed by atoms with van der Waals surface area (Å²) in [4.78, 5) is 0. The van der Waals surface area contributed by atoms with Crippen LogP contribution in [0.25, 0.3) is 11.1 Å². The van der Waals surface area contributed by atoms with Gasteiger partial charge in [-0.2, -0.15) is 0 Å². The number of hydrogen-bond acceptors (Lipinski definition) is 0. The molecule has 2 unspecified atom stereocenters. The van der Waals surface area contributed by atoms with Crippen molar-refractivity contribution < 1.29 is 17.1 Å². The van der Waals surface area contributed by atoms with E-state index in [1.807, 2.05) is 0 Å². The van der Waals surface area contributed by atoms with Crippen molar-refractivity contribution in [3.8, 4) is 0 Å². The predicted octanol–water partition coefficient (Wildman–Crippen LogP) is 8.46. The summed E-state index contributed by atoms with van der Waals surface area (Å²) < 4.78 is 7.80. The van der Waals surface area contributed by atoms with Gasteiger partial charge >= 0.3 is 215 Å². The predicted molar refractivity (Wildman–Crippen MR) is 168 cm³/mol. The fourth-order valence-corrected chi connectivity index (χ4v) is 43.8. The normalized spacial score (nSPS) is 19.7. The van der Waals surface area contributed by atoms with Crippen LogP contribution in [-0.2, 0) is 17.1 Å². The van der Waals surface area contributed by atoms with Crippen molar-refractivity contribution in [3.05, 3.63) is 132 Å². The maximum Gasteiger partial charge on any atom is -0.147 e. The van der Waals surface area contributed by atoms with Gasteiger partial charge < -0.3 is 0 Å². The van der Waals surface area contributed by atoms with E-state index in [4.69, 9.17) is 0 Å². The van der Waals surface area contributed by atoms with Gasteiger partial charge in [0.05, 0.1) is 0 Å². The Kier molecular flexibility index (Phi) is 9.02. The fourth-order valence-electron chi connectivity index (χ4n) is 7.34. The minimum Gasteiger partial charge on any atom is -0.147 e. The number of benzene rings is 3. The van der Waals surface area contributed by atoms with Crippen LogP contribution in [0.1, 0.15) is 38.8 Å². The summed E-state index contributed by atoms with van der Waals surface area (Å²) in [7, 11) is 0. The molecule has 0 fully saturated rings. The summed E-state index contributed by atoms with van der Waals surface area (Å²) in [5.74, 6) is 0.882. The topological polar surface area (TPSA) is 0 Å². The second kappa shape index (κ2) is 11.2. The summed E-state index contributed by atoms with van der Waals surface area (Å²) >= 11 is -4.08. The number of hydrogen-bond donors (Lipinski definition) is 0. The molecule has 5 rings (SSSR count). The first-order valence-electron chi connectivity index (χ1n) is 12.8. The molecule has 0 aromatic heterocycles. The molecule has 4 heteroatoms.